The van der Waals surface area contributed by atoms with Crippen molar-refractivity contribution >= 4 is 17.6 Å². The molecule has 20 heavy (non-hydrogen) atoms. The molecule has 0 unspecified atom stereocenters. The average molecular weight is 273 g/mol. The third-order valence-corrected chi connectivity index (χ3v) is 2.88. The molecule has 2 aromatic rings. The van der Waals surface area contributed by atoms with Crippen molar-refractivity contribution in [2.24, 2.45) is 0 Å². The minimum Gasteiger partial charge on any atom is -0.480 e. The van der Waals surface area contributed by atoms with E-state index in [9.17, 15) is 9.59 Å². The topological polar surface area (TPSA) is 84.2 Å². The van der Waals surface area contributed by atoms with Gasteiger partial charge in [-0.25, -0.2) is 4.68 Å². The van der Waals surface area contributed by atoms with E-state index >= 15 is 0 Å². The average Bonchev–Trinajstić information content (AvgIpc) is 2.86. The van der Waals surface area contributed by atoms with E-state index in [-0.39, 0.29) is 18.1 Å². The van der Waals surface area contributed by atoms with Crippen LogP contribution in [0.3, 0.4) is 0 Å². The van der Waals surface area contributed by atoms with E-state index in [4.69, 9.17) is 5.11 Å². The van der Waals surface area contributed by atoms with Crippen molar-refractivity contribution in [1.29, 1.82) is 0 Å². The Bertz CT molecular complexity index is 634. The minimum absolute atomic E-state index is 0.221. The molecule has 104 valence electrons. The smallest absolute Gasteiger partial charge is 0.325 e. The molecule has 0 aliphatic rings. The molecule has 6 nitrogen and oxygen atoms in total. The van der Waals surface area contributed by atoms with E-state index in [1.165, 1.54) is 12.3 Å². The largest absolute Gasteiger partial charge is 0.480 e. The molecular weight excluding hydrogens is 258 g/mol. The van der Waals surface area contributed by atoms with E-state index in [1.54, 1.807) is 0 Å². The summed E-state index contributed by atoms with van der Waals surface area (Å²) in [6, 6.07) is 8.98. The molecule has 1 aromatic carbocycles. The normalized spacial score (nSPS) is 10.2. The molecule has 0 spiro atoms. The first-order chi connectivity index (χ1) is 9.61. The molecule has 1 aromatic heterocycles. The fraction of sp³-hybridized carbons (Fsp3) is 0.214. The molecule has 0 saturated carbocycles. The second kappa shape index (κ2) is 6.01. The maximum Gasteiger partial charge on any atom is 0.325 e. The zero-order valence-electron chi connectivity index (χ0n) is 11.0. The molecule has 0 aliphatic carbocycles. The molecule has 0 saturated heterocycles. The molecular formula is C14H15N3O3. The van der Waals surface area contributed by atoms with Crippen LogP contribution in [0.15, 0.2) is 36.5 Å². The first-order valence-corrected chi connectivity index (χ1v) is 6.24. The summed E-state index contributed by atoms with van der Waals surface area (Å²) in [7, 11) is 0. The number of rotatable bonds is 5. The summed E-state index contributed by atoms with van der Waals surface area (Å²) >= 11 is 0. The number of hydrogen-bond donors (Lipinski definition) is 2. The Hall–Kier alpha value is -2.63. The Morgan fingerprint density at radius 3 is 2.75 bits per heavy atom. The Morgan fingerprint density at radius 2 is 2.05 bits per heavy atom. The van der Waals surface area contributed by atoms with Crippen molar-refractivity contribution in [2.45, 2.75) is 19.9 Å². The van der Waals surface area contributed by atoms with Crippen LogP contribution in [0.2, 0.25) is 0 Å². The van der Waals surface area contributed by atoms with Gasteiger partial charge in [-0.05, 0) is 24.1 Å². The van der Waals surface area contributed by atoms with Crippen LogP contribution in [0.1, 0.15) is 23.0 Å². The number of carboxylic acid groups (broad SMARTS) is 1. The predicted octanol–water partition coefficient (Wildman–Crippen LogP) is 1.78. The van der Waals surface area contributed by atoms with E-state index in [0.29, 0.717) is 0 Å². The van der Waals surface area contributed by atoms with Crippen molar-refractivity contribution in [2.75, 3.05) is 5.32 Å². The summed E-state index contributed by atoms with van der Waals surface area (Å²) in [5.74, 6) is -1.42. The lowest BCUT2D eigenvalue weighted by Gasteiger charge is -2.10. The highest BCUT2D eigenvalue weighted by Crippen LogP contribution is 2.16. The lowest BCUT2D eigenvalue weighted by Crippen LogP contribution is -2.21. The number of amides is 1. The number of hydrogen-bond acceptors (Lipinski definition) is 3. The number of aromatic nitrogens is 2. The van der Waals surface area contributed by atoms with E-state index in [2.05, 4.69) is 10.4 Å². The number of nitrogens with zero attached hydrogens (tertiary/aromatic N) is 2. The van der Waals surface area contributed by atoms with Crippen LogP contribution in [0.25, 0.3) is 0 Å². The first-order valence-electron chi connectivity index (χ1n) is 6.24. The molecule has 0 fully saturated rings. The van der Waals surface area contributed by atoms with Gasteiger partial charge in [-0.3, -0.25) is 9.59 Å². The third kappa shape index (κ3) is 3.03. The van der Waals surface area contributed by atoms with Crippen molar-refractivity contribution in [3.05, 3.63) is 47.8 Å². The molecule has 0 aliphatic heterocycles. The van der Waals surface area contributed by atoms with Crippen molar-refractivity contribution in [1.82, 2.24) is 9.78 Å². The van der Waals surface area contributed by atoms with E-state index in [0.717, 1.165) is 22.4 Å². The Kier molecular flexibility index (Phi) is 4.14. The van der Waals surface area contributed by atoms with Gasteiger partial charge in [0.05, 0.1) is 0 Å². The number of carboxylic acids is 1. The highest BCUT2D eigenvalue weighted by atomic mass is 16.4. The van der Waals surface area contributed by atoms with Gasteiger partial charge in [-0.2, -0.15) is 5.10 Å². The van der Waals surface area contributed by atoms with Crippen molar-refractivity contribution in [3.8, 4) is 0 Å². The number of nitrogens with one attached hydrogen (secondary N) is 1. The number of aryl methyl sites for hydroxylation is 1. The zero-order valence-corrected chi connectivity index (χ0v) is 11.0. The molecule has 0 radical (unpaired) electrons. The standard InChI is InChI=1S/C14H15N3O3/c1-2-10-5-3-4-6-11(10)16-14(20)12-7-8-15-17(12)9-13(18)19/h3-8H,2,9H2,1H3,(H,16,20)(H,18,19). The van der Waals surface area contributed by atoms with Gasteiger partial charge in [-0.15, -0.1) is 0 Å². The summed E-state index contributed by atoms with van der Waals surface area (Å²) in [5.41, 5.74) is 1.96. The van der Waals surface area contributed by atoms with Crippen LogP contribution in [0.5, 0.6) is 0 Å². The van der Waals surface area contributed by atoms with E-state index < -0.39 is 5.97 Å². The van der Waals surface area contributed by atoms with Crippen LogP contribution in [-0.4, -0.2) is 26.8 Å². The number of para-hydroxylation sites is 1. The number of benzene rings is 1. The second-order valence-electron chi connectivity index (χ2n) is 4.23. The van der Waals surface area contributed by atoms with Crippen molar-refractivity contribution in [3.63, 3.8) is 0 Å². The maximum atomic E-state index is 12.2. The number of carbonyl (C=O) groups excluding carboxylic acids is 1. The molecule has 0 atom stereocenters. The highest BCUT2D eigenvalue weighted by Gasteiger charge is 2.15. The summed E-state index contributed by atoms with van der Waals surface area (Å²) < 4.78 is 1.16. The van der Waals surface area contributed by atoms with E-state index in [1.807, 2.05) is 31.2 Å². The third-order valence-electron chi connectivity index (χ3n) is 2.88. The fourth-order valence-electron chi connectivity index (χ4n) is 1.92. The van der Waals surface area contributed by atoms with Gasteiger partial charge in [0.25, 0.3) is 5.91 Å². The van der Waals surface area contributed by atoms with Gasteiger partial charge in [0, 0.05) is 11.9 Å². The highest BCUT2D eigenvalue weighted by molar-refractivity contribution is 6.03. The van der Waals surface area contributed by atoms with Gasteiger partial charge < -0.3 is 10.4 Å². The number of anilines is 1. The second-order valence-corrected chi connectivity index (χ2v) is 4.23. The number of aliphatic carboxylic acids is 1. The molecule has 0 bridgehead atoms. The lowest BCUT2D eigenvalue weighted by molar-refractivity contribution is -0.137. The Labute approximate surface area is 116 Å². The van der Waals surface area contributed by atoms with Crippen LogP contribution < -0.4 is 5.32 Å². The van der Waals surface area contributed by atoms with Gasteiger partial charge in [0.1, 0.15) is 12.2 Å². The Morgan fingerprint density at radius 1 is 1.30 bits per heavy atom. The molecule has 1 amide bonds. The fourth-order valence-corrected chi connectivity index (χ4v) is 1.92. The SMILES string of the molecule is CCc1ccccc1NC(=O)c1ccnn1CC(=O)O. The molecule has 6 heteroatoms. The van der Waals surface area contributed by atoms with Gasteiger partial charge in [-0.1, -0.05) is 25.1 Å². The molecule has 2 rings (SSSR count). The van der Waals surface area contributed by atoms with Gasteiger partial charge in [0.15, 0.2) is 0 Å². The quantitative estimate of drug-likeness (QED) is 0.869. The predicted molar refractivity (Wildman–Crippen MR) is 73.6 cm³/mol. The first kappa shape index (κ1) is 13.8. The molecule has 2 N–H and O–H groups in total. The van der Waals surface area contributed by atoms with Crippen LogP contribution in [-0.2, 0) is 17.8 Å². The van der Waals surface area contributed by atoms with Crippen LogP contribution >= 0.6 is 0 Å². The summed E-state index contributed by atoms with van der Waals surface area (Å²) in [5, 5.41) is 15.4. The monoisotopic (exact) mass is 273 g/mol. The molecule has 1 heterocycles. The lowest BCUT2D eigenvalue weighted by atomic mass is 10.1. The van der Waals surface area contributed by atoms with Crippen LogP contribution in [0.4, 0.5) is 5.69 Å². The maximum absolute atomic E-state index is 12.2. The van der Waals surface area contributed by atoms with Crippen LogP contribution in [0, 0.1) is 0 Å². The zero-order chi connectivity index (χ0) is 14.5. The van der Waals surface area contributed by atoms with Crippen molar-refractivity contribution < 1.29 is 14.7 Å². The van der Waals surface area contributed by atoms with Gasteiger partial charge in [0.2, 0.25) is 0 Å². The Balaban J connectivity index is 2.20. The minimum atomic E-state index is -1.04. The summed E-state index contributed by atoms with van der Waals surface area (Å²) in [4.78, 5) is 22.9. The summed E-state index contributed by atoms with van der Waals surface area (Å²) in [6.45, 7) is 1.66. The summed E-state index contributed by atoms with van der Waals surface area (Å²) in [6.07, 6.45) is 2.20. The number of carbonyl (C=O) groups is 2. The van der Waals surface area contributed by atoms with Gasteiger partial charge >= 0.3 is 5.97 Å².